The SMILES string of the molecule is C.Clc1nccc2ccncc12.[2H]CC.[O-][n+]1ccc2ccnc(Cl)c2c1. The molecule has 26 heavy (non-hydrogen) atoms. The summed E-state index contributed by atoms with van der Waals surface area (Å²) in [6.07, 6.45) is 9.58. The minimum Gasteiger partial charge on any atom is -0.619 e. The lowest BCUT2D eigenvalue weighted by Crippen LogP contribution is -2.23. The molecule has 5 nitrogen and oxygen atoms in total. The van der Waals surface area contributed by atoms with E-state index in [0.29, 0.717) is 27.3 Å². The molecule has 4 rings (SSSR count). The van der Waals surface area contributed by atoms with E-state index in [1.54, 1.807) is 43.8 Å². The molecular formula is C19H20Cl2N4O. The van der Waals surface area contributed by atoms with E-state index < -0.39 is 0 Å². The summed E-state index contributed by atoms with van der Waals surface area (Å²) in [6, 6.07) is 7.32. The number of fused-ring (bicyclic) bond motifs is 2. The van der Waals surface area contributed by atoms with Crippen LogP contribution in [0, 0.1) is 5.21 Å². The molecule has 136 valence electrons. The molecule has 0 radical (unpaired) electrons. The Morgan fingerprint density at radius 2 is 1.50 bits per heavy atom. The molecule has 0 saturated heterocycles. The second-order valence-electron chi connectivity index (χ2n) is 4.61. The van der Waals surface area contributed by atoms with Crippen molar-refractivity contribution in [2.24, 2.45) is 0 Å². The van der Waals surface area contributed by atoms with Gasteiger partial charge in [0.2, 0.25) is 0 Å². The first-order valence-electron chi connectivity index (χ1n) is 8.04. The number of hydrogen-bond donors (Lipinski definition) is 0. The van der Waals surface area contributed by atoms with E-state index in [4.69, 9.17) is 24.6 Å². The van der Waals surface area contributed by atoms with Gasteiger partial charge in [-0.3, -0.25) is 4.98 Å². The van der Waals surface area contributed by atoms with Crippen LogP contribution in [0.25, 0.3) is 21.5 Å². The van der Waals surface area contributed by atoms with Gasteiger partial charge in [-0.15, -0.1) is 0 Å². The maximum absolute atomic E-state index is 10.9. The number of nitrogens with zero attached hydrogens (tertiary/aromatic N) is 4. The molecule has 4 aromatic heterocycles. The summed E-state index contributed by atoms with van der Waals surface area (Å²) in [4.78, 5) is 11.7. The number of rotatable bonds is 0. The second kappa shape index (κ2) is 10.5. The summed E-state index contributed by atoms with van der Waals surface area (Å²) in [5.74, 6) is 0. The first kappa shape index (κ1) is 19.8. The predicted octanol–water partition coefficient (Wildman–Crippen LogP) is 5.47. The molecule has 0 aliphatic heterocycles. The van der Waals surface area contributed by atoms with Crippen molar-refractivity contribution in [3.63, 3.8) is 0 Å². The van der Waals surface area contributed by atoms with Crippen LogP contribution in [-0.2, 0) is 0 Å². The molecule has 0 aliphatic rings. The van der Waals surface area contributed by atoms with Crippen molar-refractivity contribution in [3.05, 3.63) is 77.0 Å². The van der Waals surface area contributed by atoms with Crippen molar-refractivity contribution in [2.45, 2.75) is 21.3 Å². The third-order valence-electron chi connectivity index (χ3n) is 3.15. The Bertz CT molecular complexity index is 996. The molecule has 0 N–H and O–H groups in total. The molecule has 0 saturated carbocycles. The zero-order valence-corrected chi connectivity index (χ0v) is 14.9. The quantitative estimate of drug-likeness (QED) is 0.226. The Labute approximate surface area is 164 Å². The van der Waals surface area contributed by atoms with E-state index >= 15 is 0 Å². The van der Waals surface area contributed by atoms with Crippen LogP contribution in [0.1, 0.15) is 22.6 Å². The Balaban J connectivity index is 0.000000229. The van der Waals surface area contributed by atoms with Gasteiger partial charge in [0.05, 0.1) is 5.39 Å². The van der Waals surface area contributed by atoms with Crippen molar-refractivity contribution in [1.82, 2.24) is 15.0 Å². The van der Waals surface area contributed by atoms with Crippen LogP contribution in [0.15, 0.2) is 61.4 Å². The van der Waals surface area contributed by atoms with Gasteiger partial charge in [0.15, 0.2) is 12.4 Å². The van der Waals surface area contributed by atoms with Crippen molar-refractivity contribution < 1.29 is 6.10 Å². The highest BCUT2D eigenvalue weighted by atomic mass is 35.5. The van der Waals surface area contributed by atoms with Gasteiger partial charge in [-0.1, -0.05) is 44.5 Å². The largest absolute Gasteiger partial charge is 0.619 e. The number of aromatic nitrogens is 4. The normalized spacial score (nSPS) is 9.88. The van der Waals surface area contributed by atoms with Crippen LogP contribution in [0.4, 0.5) is 0 Å². The van der Waals surface area contributed by atoms with Crippen LogP contribution in [-0.4, -0.2) is 15.0 Å². The Morgan fingerprint density at radius 1 is 0.962 bits per heavy atom. The second-order valence-corrected chi connectivity index (χ2v) is 5.32. The number of halogens is 2. The minimum atomic E-state index is 0. The molecular weight excluding hydrogens is 371 g/mol. The number of pyridine rings is 4. The first-order valence-corrected chi connectivity index (χ1v) is 8.09. The number of hydrogen-bond acceptors (Lipinski definition) is 4. The van der Waals surface area contributed by atoms with E-state index in [-0.39, 0.29) is 7.43 Å². The third-order valence-corrected chi connectivity index (χ3v) is 3.75. The molecule has 0 spiro atoms. The monoisotopic (exact) mass is 391 g/mol. The van der Waals surface area contributed by atoms with E-state index in [0.717, 1.165) is 16.2 Å². The molecule has 0 amide bonds. The average Bonchev–Trinajstić information content (AvgIpc) is 2.64. The van der Waals surface area contributed by atoms with Crippen LogP contribution in [0.2, 0.25) is 10.3 Å². The molecule has 0 bridgehead atoms. The topological polar surface area (TPSA) is 65.6 Å². The summed E-state index contributed by atoms with van der Waals surface area (Å²) in [5.41, 5.74) is 0. The maximum atomic E-state index is 10.9. The highest BCUT2D eigenvalue weighted by Crippen LogP contribution is 2.19. The molecule has 4 aromatic rings. The van der Waals surface area contributed by atoms with Gasteiger partial charge < -0.3 is 5.21 Å². The lowest BCUT2D eigenvalue weighted by atomic mass is 10.2. The van der Waals surface area contributed by atoms with Crippen molar-refractivity contribution in [2.75, 3.05) is 0 Å². The van der Waals surface area contributed by atoms with Gasteiger partial charge in [0.1, 0.15) is 10.3 Å². The predicted molar refractivity (Wildman–Crippen MR) is 108 cm³/mol. The lowest BCUT2D eigenvalue weighted by molar-refractivity contribution is -0.603. The summed E-state index contributed by atoms with van der Waals surface area (Å²) in [6.45, 7) is 2.29. The molecule has 7 heteroatoms. The van der Waals surface area contributed by atoms with Crippen molar-refractivity contribution >= 4 is 44.7 Å². The molecule has 0 aromatic carbocycles. The van der Waals surface area contributed by atoms with E-state index in [1.165, 1.54) is 12.4 Å². The molecule has 0 atom stereocenters. The van der Waals surface area contributed by atoms with Gasteiger partial charge in [-0.25, -0.2) is 9.97 Å². The van der Waals surface area contributed by atoms with Crippen LogP contribution >= 0.6 is 23.2 Å². The van der Waals surface area contributed by atoms with Crippen molar-refractivity contribution in [3.8, 4) is 0 Å². The van der Waals surface area contributed by atoms with Crippen LogP contribution < -0.4 is 4.73 Å². The Hall–Kier alpha value is -2.50. The Morgan fingerprint density at radius 3 is 2.12 bits per heavy atom. The fraction of sp³-hybridized carbons (Fsp3) is 0.158. The smallest absolute Gasteiger partial charge is 0.191 e. The molecule has 0 unspecified atom stereocenters. The molecule has 4 heterocycles. The highest BCUT2D eigenvalue weighted by Gasteiger charge is 2.02. The average molecular weight is 392 g/mol. The zero-order chi connectivity index (χ0) is 18.9. The van der Waals surface area contributed by atoms with Crippen LogP contribution in [0.5, 0.6) is 0 Å². The minimum absolute atomic E-state index is 0. The van der Waals surface area contributed by atoms with Crippen LogP contribution in [0.3, 0.4) is 0 Å². The standard InChI is InChI=1S/C8H5ClN2O.C8H5ClN2.C2H6.CH4/c9-8-7-5-11(12)4-2-6(7)1-3-10-8;9-8-7-5-10-3-1-6(7)2-4-11-8;1-2;/h1-5H;1-5H;1-2H3;1H4/i;;1D;. The molecule has 0 aliphatic carbocycles. The van der Waals surface area contributed by atoms with E-state index in [2.05, 4.69) is 15.0 Å². The highest BCUT2D eigenvalue weighted by molar-refractivity contribution is 6.34. The molecule has 0 fully saturated rings. The van der Waals surface area contributed by atoms with Gasteiger partial charge in [0, 0.05) is 37.6 Å². The maximum Gasteiger partial charge on any atom is 0.191 e. The van der Waals surface area contributed by atoms with Gasteiger partial charge in [0.25, 0.3) is 0 Å². The fourth-order valence-electron chi connectivity index (χ4n) is 2.03. The van der Waals surface area contributed by atoms with Gasteiger partial charge >= 0.3 is 0 Å². The summed E-state index contributed by atoms with van der Waals surface area (Å²) in [7, 11) is 0. The fourth-order valence-corrected chi connectivity index (χ4v) is 2.46. The zero-order valence-electron chi connectivity index (χ0n) is 14.4. The van der Waals surface area contributed by atoms with Gasteiger partial charge in [-0.2, -0.15) is 4.73 Å². The van der Waals surface area contributed by atoms with Crippen molar-refractivity contribution in [1.29, 1.82) is 0 Å². The van der Waals surface area contributed by atoms with E-state index in [1.807, 2.05) is 12.1 Å². The lowest BCUT2D eigenvalue weighted by Gasteiger charge is -1.98. The summed E-state index contributed by atoms with van der Waals surface area (Å²) in [5, 5.41) is 15.3. The summed E-state index contributed by atoms with van der Waals surface area (Å²) >= 11 is 11.6. The summed E-state index contributed by atoms with van der Waals surface area (Å²) < 4.78 is 6.91. The van der Waals surface area contributed by atoms with E-state index in [9.17, 15) is 5.21 Å². The Kier molecular flexibility index (Phi) is 7.99. The third kappa shape index (κ3) is 5.25. The first-order chi connectivity index (χ1) is 12.6. The van der Waals surface area contributed by atoms with Gasteiger partial charge in [-0.05, 0) is 29.0 Å².